The molecule has 1 aromatic carbocycles. The van der Waals surface area contributed by atoms with Gasteiger partial charge >= 0.3 is 0 Å². The summed E-state index contributed by atoms with van der Waals surface area (Å²) in [6.07, 6.45) is 2.56. The quantitative estimate of drug-likeness (QED) is 0.656. The topological polar surface area (TPSA) is 53.7 Å². The van der Waals surface area contributed by atoms with Crippen molar-refractivity contribution in [2.24, 2.45) is 4.99 Å². The van der Waals surface area contributed by atoms with E-state index in [2.05, 4.69) is 53.1 Å². The van der Waals surface area contributed by atoms with Gasteiger partial charge in [0.05, 0.1) is 5.69 Å². The Labute approximate surface area is 160 Å². The van der Waals surface area contributed by atoms with Crippen LogP contribution in [0.3, 0.4) is 0 Å². The highest BCUT2D eigenvalue weighted by Gasteiger charge is 2.28. The first kappa shape index (κ1) is 18.8. The molecule has 0 unspecified atom stereocenters. The lowest BCUT2D eigenvalue weighted by Gasteiger charge is -2.39. The van der Waals surface area contributed by atoms with Crippen molar-refractivity contribution >= 4 is 17.7 Å². The van der Waals surface area contributed by atoms with Gasteiger partial charge in [-0.05, 0) is 32.9 Å². The number of aromatic nitrogens is 1. The van der Waals surface area contributed by atoms with Crippen LogP contribution in [-0.2, 0) is 6.42 Å². The van der Waals surface area contributed by atoms with Gasteiger partial charge in [0.1, 0.15) is 6.26 Å². The minimum atomic E-state index is 0.269. The first-order chi connectivity index (χ1) is 12.5. The molecule has 1 aromatic heterocycles. The van der Waals surface area contributed by atoms with Crippen LogP contribution in [0.2, 0.25) is 0 Å². The number of nitrogens with zero attached hydrogens (tertiary/aromatic N) is 3. The second kappa shape index (κ2) is 8.16. The summed E-state index contributed by atoms with van der Waals surface area (Å²) in [6, 6.07) is 8.23. The molecule has 140 valence electrons. The van der Waals surface area contributed by atoms with Crippen LogP contribution in [0.4, 0.5) is 0 Å². The van der Waals surface area contributed by atoms with E-state index in [-0.39, 0.29) is 4.75 Å². The van der Waals surface area contributed by atoms with Crippen LogP contribution < -0.4 is 5.32 Å². The number of aliphatic imine (C=N–C) groups is 1. The number of nitrogens with one attached hydrogen (secondary N) is 1. The minimum absolute atomic E-state index is 0.269. The van der Waals surface area contributed by atoms with Crippen molar-refractivity contribution in [2.75, 3.05) is 32.4 Å². The SMILES string of the molecule is CN=C(NCCc1coc(-c2ccc(C)cc2)n1)N1CCSC(C)(C)C1. The van der Waals surface area contributed by atoms with E-state index < -0.39 is 0 Å². The highest BCUT2D eigenvalue weighted by Crippen LogP contribution is 2.29. The molecule has 2 aromatic rings. The Morgan fingerprint density at radius 2 is 2.12 bits per heavy atom. The van der Waals surface area contributed by atoms with Crippen LogP contribution in [0, 0.1) is 6.92 Å². The molecular weight excluding hydrogens is 344 g/mol. The van der Waals surface area contributed by atoms with Crippen molar-refractivity contribution in [2.45, 2.75) is 31.9 Å². The van der Waals surface area contributed by atoms with Gasteiger partial charge in [0.25, 0.3) is 0 Å². The Morgan fingerprint density at radius 3 is 2.81 bits per heavy atom. The second-order valence-corrected chi connectivity index (χ2v) is 9.07. The molecule has 0 spiro atoms. The van der Waals surface area contributed by atoms with Crippen LogP contribution in [0.5, 0.6) is 0 Å². The van der Waals surface area contributed by atoms with Crippen molar-refractivity contribution in [1.82, 2.24) is 15.2 Å². The minimum Gasteiger partial charge on any atom is -0.444 e. The van der Waals surface area contributed by atoms with E-state index in [0.29, 0.717) is 5.89 Å². The van der Waals surface area contributed by atoms with Gasteiger partial charge in [0.15, 0.2) is 5.96 Å². The fourth-order valence-corrected chi connectivity index (χ4v) is 4.19. The average Bonchev–Trinajstić information content (AvgIpc) is 3.07. The second-order valence-electron chi connectivity index (χ2n) is 7.26. The van der Waals surface area contributed by atoms with Crippen molar-refractivity contribution in [1.29, 1.82) is 0 Å². The molecule has 1 aliphatic heterocycles. The molecule has 5 nitrogen and oxygen atoms in total. The third kappa shape index (κ3) is 4.81. The Hall–Kier alpha value is -1.95. The summed E-state index contributed by atoms with van der Waals surface area (Å²) < 4.78 is 5.90. The Morgan fingerprint density at radius 1 is 1.35 bits per heavy atom. The zero-order valence-electron chi connectivity index (χ0n) is 16.1. The lowest BCUT2D eigenvalue weighted by molar-refractivity contribution is 0.376. The molecule has 0 atom stereocenters. The number of hydrogen-bond acceptors (Lipinski definition) is 4. The van der Waals surface area contributed by atoms with E-state index in [0.717, 1.165) is 49.0 Å². The van der Waals surface area contributed by atoms with E-state index >= 15 is 0 Å². The average molecular weight is 373 g/mol. The third-order valence-electron chi connectivity index (χ3n) is 4.45. The molecule has 0 bridgehead atoms. The largest absolute Gasteiger partial charge is 0.444 e. The van der Waals surface area contributed by atoms with Gasteiger partial charge in [0.2, 0.25) is 5.89 Å². The Kier molecular flexibility index (Phi) is 5.91. The molecule has 1 saturated heterocycles. The summed E-state index contributed by atoms with van der Waals surface area (Å²) in [4.78, 5) is 11.4. The molecule has 6 heteroatoms. The molecule has 1 fully saturated rings. The highest BCUT2D eigenvalue weighted by molar-refractivity contribution is 8.00. The van der Waals surface area contributed by atoms with Crippen molar-refractivity contribution < 1.29 is 4.42 Å². The first-order valence-corrected chi connectivity index (χ1v) is 10.1. The van der Waals surface area contributed by atoms with Gasteiger partial charge in [-0.2, -0.15) is 11.8 Å². The predicted octanol–water partition coefficient (Wildman–Crippen LogP) is 3.60. The lowest BCUT2D eigenvalue weighted by Crippen LogP contribution is -2.51. The summed E-state index contributed by atoms with van der Waals surface area (Å²) in [5, 5.41) is 3.47. The number of benzene rings is 1. The van der Waals surface area contributed by atoms with Crippen LogP contribution in [0.1, 0.15) is 25.1 Å². The summed E-state index contributed by atoms with van der Waals surface area (Å²) >= 11 is 2.03. The monoisotopic (exact) mass is 372 g/mol. The maximum atomic E-state index is 5.64. The fourth-order valence-electron chi connectivity index (χ4n) is 3.08. The van der Waals surface area contributed by atoms with Crippen molar-refractivity contribution in [3.05, 3.63) is 41.8 Å². The lowest BCUT2D eigenvalue weighted by atomic mass is 10.1. The van der Waals surface area contributed by atoms with Gasteiger partial charge < -0.3 is 14.6 Å². The summed E-state index contributed by atoms with van der Waals surface area (Å²) in [6.45, 7) is 9.49. The summed E-state index contributed by atoms with van der Waals surface area (Å²) in [7, 11) is 1.85. The summed E-state index contributed by atoms with van der Waals surface area (Å²) in [5.74, 6) is 2.79. The van der Waals surface area contributed by atoms with E-state index in [1.807, 2.05) is 30.9 Å². The van der Waals surface area contributed by atoms with E-state index in [4.69, 9.17) is 4.42 Å². The Bertz CT molecular complexity index is 751. The number of oxazole rings is 1. The molecular formula is C20H28N4OS. The van der Waals surface area contributed by atoms with Gasteiger partial charge in [0, 0.05) is 49.2 Å². The van der Waals surface area contributed by atoms with E-state index in [1.165, 1.54) is 5.56 Å². The molecule has 0 aliphatic carbocycles. The fraction of sp³-hybridized carbons (Fsp3) is 0.500. The molecule has 1 aliphatic rings. The number of aryl methyl sites for hydroxylation is 1. The number of hydrogen-bond donors (Lipinski definition) is 1. The van der Waals surface area contributed by atoms with Gasteiger partial charge in [-0.15, -0.1) is 0 Å². The molecule has 0 saturated carbocycles. The van der Waals surface area contributed by atoms with Crippen LogP contribution in [-0.4, -0.2) is 53.0 Å². The van der Waals surface area contributed by atoms with Crippen molar-refractivity contribution in [3.63, 3.8) is 0 Å². The normalized spacial score (nSPS) is 17.4. The summed E-state index contributed by atoms with van der Waals surface area (Å²) in [5.41, 5.74) is 3.20. The van der Waals surface area contributed by atoms with Gasteiger partial charge in [-0.1, -0.05) is 17.7 Å². The molecule has 2 heterocycles. The zero-order chi connectivity index (χ0) is 18.6. The van der Waals surface area contributed by atoms with Crippen molar-refractivity contribution in [3.8, 4) is 11.5 Å². The molecule has 0 radical (unpaired) electrons. The maximum Gasteiger partial charge on any atom is 0.226 e. The Balaban J connectivity index is 1.53. The van der Waals surface area contributed by atoms with Crippen LogP contribution in [0.25, 0.3) is 11.5 Å². The molecule has 26 heavy (non-hydrogen) atoms. The van der Waals surface area contributed by atoms with E-state index in [1.54, 1.807) is 6.26 Å². The van der Waals surface area contributed by atoms with Gasteiger partial charge in [-0.3, -0.25) is 4.99 Å². The number of guanidine groups is 1. The predicted molar refractivity (Wildman–Crippen MR) is 110 cm³/mol. The standard InChI is InChI=1S/C20H28N4OS/c1-15-5-7-16(8-6-15)18-23-17(13-25-18)9-10-22-19(21-4)24-11-12-26-20(2,3)14-24/h5-8,13H,9-12,14H2,1-4H3,(H,21,22). The zero-order valence-corrected chi connectivity index (χ0v) is 16.9. The third-order valence-corrected chi connectivity index (χ3v) is 5.75. The van der Waals surface area contributed by atoms with Crippen LogP contribution >= 0.6 is 11.8 Å². The highest BCUT2D eigenvalue weighted by atomic mass is 32.2. The smallest absolute Gasteiger partial charge is 0.226 e. The maximum absolute atomic E-state index is 5.64. The number of thioether (sulfide) groups is 1. The molecule has 3 rings (SSSR count). The first-order valence-electron chi connectivity index (χ1n) is 9.08. The molecule has 0 amide bonds. The number of rotatable bonds is 4. The van der Waals surface area contributed by atoms with E-state index in [9.17, 15) is 0 Å². The molecule has 1 N–H and O–H groups in total. The van der Waals surface area contributed by atoms with Gasteiger partial charge in [-0.25, -0.2) is 4.98 Å². The van der Waals surface area contributed by atoms with Crippen LogP contribution in [0.15, 0.2) is 39.9 Å².